The molecule has 4 atom stereocenters. The highest BCUT2D eigenvalue weighted by atomic mass is 35.5. The molecule has 1 saturated heterocycles. The van der Waals surface area contributed by atoms with Crippen LogP contribution < -0.4 is 5.32 Å². The maximum absolute atomic E-state index is 11.5. The van der Waals surface area contributed by atoms with Crippen molar-refractivity contribution in [2.45, 2.75) is 44.9 Å². The number of rotatable bonds is 3. The second kappa shape index (κ2) is 7.28. The van der Waals surface area contributed by atoms with Crippen LogP contribution in [0.4, 0.5) is 0 Å². The topological polar surface area (TPSA) is 32.3 Å². The Morgan fingerprint density at radius 3 is 1.52 bits per heavy atom. The molecule has 134 valence electrons. The first kappa shape index (κ1) is 18.7. The summed E-state index contributed by atoms with van der Waals surface area (Å²) in [7, 11) is 0. The molecular formula is C21H25Cl2NO. The van der Waals surface area contributed by atoms with Gasteiger partial charge in [-0.1, -0.05) is 68.2 Å². The molecule has 0 radical (unpaired) electrons. The maximum Gasteiger partial charge on any atom is 0.0732 e. The van der Waals surface area contributed by atoms with Crippen molar-refractivity contribution in [2.24, 2.45) is 11.8 Å². The summed E-state index contributed by atoms with van der Waals surface area (Å²) in [6.45, 7) is 6.32. The first-order valence-electron chi connectivity index (χ1n) is 8.86. The lowest BCUT2D eigenvalue weighted by Crippen LogP contribution is -2.57. The number of hydrogen-bond donors (Lipinski definition) is 2. The third-order valence-corrected chi connectivity index (χ3v) is 6.46. The SMILES string of the molecule is CCC1(O)C(C)C(c2ccc(Cl)cc2)NC(c2ccc(Cl)cc2)C1C. The molecule has 0 aromatic heterocycles. The maximum atomic E-state index is 11.5. The number of piperidine rings is 1. The number of benzene rings is 2. The van der Waals surface area contributed by atoms with E-state index in [2.05, 4.69) is 26.1 Å². The van der Waals surface area contributed by atoms with Gasteiger partial charge in [-0.25, -0.2) is 0 Å². The summed E-state index contributed by atoms with van der Waals surface area (Å²) < 4.78 is 0. The fourth-order valence-corrected chi connectivity index (χ4v) is 4.48. The molecule has 0 amide bonds. The number of halogens is 2. The molecule has 2 nitrogen and oxygen atoms in total. The average molecular weight is 378 g/mol. The summed E-state index contributed by atoms with van der Waals surface area (Å²) >= 11 is 12.1. The summed E-state index contributed by atoms with van der Waals surface area (Å²) in [6.07, 6.45) is 0.713. The molecule has 0 saturated carbocycles. The van der Waals surface area contributed by atoms with Crippen LogP contribution in [0, 0.1) is 11.8 Å². The Labute approximate surface area is 160 Å². The predicted molar refractivity (Wildman–Crippen MR) is 105 cm³/mol. The molecule has 2 aromatic rings. The lowest BCUT2D eigenvalue weighted by molar-refractivity contribution is -0.113. The van der Waals surface area contributed by atoms with Crippen LogP contribution in [-0.4, -0.2) is 10.7 Å². The Bertz CT molecular complexity index is 656. The predicted octanol–water partition coefficient (Wildman–Crippen LogP) is 5.79. The summed E-state index contributed by atoms with van der Waals surface area (Å²) in [5, 5.41) is 16.7. The molecular weight excluding hydrogens is 353 g/mol. The molecule has 0 aliphatic carbocycles. The summed E-state index contributed by atoms with van der Waals surface area (Å²) in [5.74, 6) is 0.162. The van der Waals surface area contributed by atoms with E-state index >= 15 is 0 Å². The van der Waals surface area contributed by atoms with Crippen LogP contribution in [0.25, 0.3) is 0 Å². The molecule has 0 bridgehead atoms. The first-order chi connectivity index (χ1) is 11.9. The summed E-state index contributed by atoms with van der Waals surface area (Å²) in [6, 6.07) is 15.9. The Kier molecular flexibility index (Phi) is 5.45. The zero-order valence-electron chi connectivity index (χ0n) is 14.8. The van der Waals surface area contributed by atoms with Gasteiger partial charge in [0.1, 0.15) is 0 Å². The minimum Gasteiger partial charge on any atom is -0.389 e. The van der Waals surface area contributed by atoms with Crippen molar-refractivity contribution >= 4 is 23.2 Å². The monoisotopic (exact) mass is 377 g/mol. The van der Waals surface area contributed by atoms with E-state index in [9.17, 15) is 5.11 Å². The highest BCUT2D eigenvalue weighted by molar-refractivity contribution is 6.30. The third-order valence-electron chi connectivity index (χ3n) is 5.96. The lowest BCUT2D eigenvalue weighted by atomic mass is 9.65. The third kappa shape index (κ3) is 3.46. The molecule has 2 N–H and O–H groups in total. The standard InChI is InChI=1S/C21H25Cl2NO/c1-4-21(25)13(2)19(15-5-9-17(22)10-6-15)24-20(14(21)3)16-7-11-18(23)12-8-16/h5-14,19-20,24-25H,4H2,1-3H3. The van der Waals surface area contributed by atoms with Crippen LogP contribution in [0.15, 0.2) is 48.5 Å². The van der Waals surface area contributed by atoms with E-state index in [0.29, 0.717) is 6.42 Å². The molecule has 25 heavy (non-hydrogen) atoms. The highest BCUT2D eigenvalue weighted by Gasteiger charge is 2.49. The van der Waals surface area contributed by atoms with Gasteiger partial charge >= 0.3 is 0 Å². The van der Waals surface area contributed by atoms with Crippen molar-refractivity contribution < 1.29 is 5.11 Å². The van der Waals surface area contributed by atoms with Crippen molar-refractivity contribution in [2.75, 3.05) is 0 Å². The second-order valence-corrected chi connectivity index (χ2v) is 8.02. The molecule has 2 aromatic carbocycles. The molecule has 4 heteroatoms. The quantitative estimate of drug-likeness (QED) is 0.708. The fourth-order valence-electron chi connectivity index (χ4n) is 4.23. The van der Waals surface area contributed by atoms with E-state index in [4.69, 9.17) is 23.2 Å². The second-order valence-electron chi connectivity index (χ2n) is 7.15. The zero-order chi connectivity index (χ0) is 18.2. The smallest absolute Gasteiger partial charge is 0.0732 e. The van der Waals surface area contributed by atoms with Gasteiger partial charge in [-0.15, -0.1) is 0 Å². The minimum atomic E-state index is -0.750. The van der Waals surface area contributed by atoms with Crippen LogP contribution in [0.2, 0.25) is 10.0 Å². The van der Waals surface area contributed by atoms with Gasteiger partial charge in [0.25, 0.3) is 0 Å². The molecule has 1 fully saturated rings. The summed E-state index contributed by atoms with van der Waals surface area (Å²) in [5.41, 5.74) is 1.55. The van der Waals surface area contributed by atoms with E-state index < -0.39 is 5.60 Å². The van der Waals surface area contributed by atoms with Crippen molar-refractivity contribution in [3.05, 3.63) is 69.7 Å². The van der Waals surface area contributed by atoms with Crippen LogP contribution in [0.1, 0.15) is 50.4 Å². The molecule has 1 aliphatic heterocycles. The van der Waals surface area contributed by atoms with Crippen molar-refractivity contribution in [3.8, 4) is 0 Å². The van der Waals surface area contributed by atoms with Crippen molar-refractivity contribution in [3.63, 3.8) is 0 Å². The van der Waals surface area contributed by atoms with Gasteiger partial charge in [0.15, 0.2) is 0 Å². The Hall–Kier alpha value is -1.06. The Balaban J connectivity index is 2.01. The van der Waals surface area contributed by atoms with Crippen LogP contribution in [0.5, 0.6) is 0 Å². The largest absolute Gasteiger partial charge is 0.389 e. The molecule has 1 aliphatic rings. The average Bonchev–Trinajstić information content (AvgIpc) is 2.62. The van der Waals surface area contributed by atoms with E-state index in [1.54, 1.807) is 0 Å². The molecule has 0 spiro atoms. The van der Waals surface area contributed by atoms with Gasteiger partial charge < -0.3 is 10.4 Å². The van der Waals surface area contributed by atoms with Crippen molar-refractivity contribution in [1.29, 1.82) is 0 Å². The minimum absolute atomic E-state index is 0.0547. The van der Waals surface area contributed by atoms with Crippen LogP contribution >= 0.6 is 23.2 Å². The Morgan fingerprint density at radius 1 is 0.840 bits per heavy atom. The first-order valence-corrected chi connectivity index (χ1v) is 9.61. The Morgan fingerprint density at radius 2 is 1.20 bits per heavy atom. The molecule has 4 unspecified atom stereocenters. The lowest BCUT2D eigenvalue weighted by Gasteiger charge is -2.52. The van der Waals surface area contributed by atoms with Gasteiger partial charge in [-0.05, 0) is 41.8 Å². The van der Waals surface area contributed by atoms with Crippen LogP contribution in [-0.2, 0) is 0 Å². The van der Waals surface area contributed by atoms with E-state index in [1.165, 1.54) is 0 Å². The van der Waals surface area contributed by atoms with E-state index in [1.807, 2.05) is 48.5 Å². The van der Waals surface area contributed by atoms with E-state index in [0.717, 1.165) is 21.2 Å². The van der Waals surface area contributed by atoms with Gasteiger partial charge in [-0.2, -0.15) is 0 Å². The molecule has 3 rings (SSSR count). The van der Waals surface area contributed by atoms with Gasteiger partial charge in [0, 0.05) is 34.0 Å². The normalized spacial score (nSPS) is 32.6. The van der Waals surface area contributed by atoms with Crippen molar-refractivity contribution in [1.82, 2.24) is 5.32 Å². The number of nitrogens with one attached hydrogen (secondary N) is 1. The molecule has 1 heterocycles. The fraction of sp³-hybridized carbons (Fsp3) is 0.429. The summed E-state index contributed by atoms with van der Waals surface area (Å²) in [4.78, 5) is 0. The van der Waals surface area contributed by atoms with Gasteiger partial charge in [0.2, 0.25) is 0 Å². The van der Waals surface area contributed by atoms with Crippen LogP contribution in [0.3, 0.4) is 0 Å². The number of aliphatic hydroxyl groups is 1. The number of hydrogen-bond acceptors (Lipinski definition) is 2. The highest BCUT2D eigenvalue weighted by Crippen LogP contribution is 2.48. The zero-order valence-corrected chi connectivity index (χ0v) is 16.4. The van der Waals surface area contributed by atoms with Gasteiger partial charge in [0.05, 0.1) is 5.60 Å². The van der Waals surface area contributed by atoms with E-state index in [-0.39, 0.29) is 23.9 Å². The van der Waals surface area contributed by atoms with Gasteiger partial charge in [-0.3, -0.25) is 0 Å².